The molecule has 0 spiro atoms. The maximum Gasteiger partial charge on any atom is -0.00460 e. The lowest BCUT2D eigenvalue weighted by Gasteiger charge is -2.15. The van der Waals surface area contributed by atoms with Crippen LogP contribution in [0.15, 0.2) is 11.6 Å². The third-order valence-electron chi connectivity index (χ3n) is 3.85. The Morgan fingerprint density at radius 3 is 2.92 bits per heavy atom. The number of hydrogen-bond acceptors (Lipinski definition) is 1. The first-order valence-electron chi connectivity index (χ1n) is 5.19. The van der Waals surface area contributed by atoms with Gasteiger partial charge in [0.25, 0.3) is 0 Å². The normalized spacial score (nSPS) is 43.8. The van der Waals surface area contributed by atoms with Gasteiger partial charge in [-0.15, -0.1) is 0 Å². The molecule has 0 aromatic heterocycles. The van der Waals surface area contributed by atoms with Gasteiger partial charge in [0, 0.05) is 0 Å². The van der Waals surface area contributed by atoms with Gasteiger partial charge in [0.2, 0.25) is 0 Å². The van der Waals surface area contributed by atoms with E-state index in [1.54, 1.807) is 5.57 Å². The van der Waals surface area contributed by atoms with E-state index < -0.39 is 0 Å². The van der Waals surface area contributed by atoms with Gasteiger partial charge in [0.05, 0.1) is 0 Å². The summed E-state index contributed by atoms with van der Waals surface area (Å²) in [5.74, 6) is 2.78. The molecule has 0 bridgehead atoms. The summed E-state index contributed by atoms with van der Waals surface area (Å²) in [6.45, 7) is 3.09. The van der Waals surface area contributed by atoms with Gasteiger partial charge in [0.15, 0.2) is 0 Å². The molecule has 2 rings (SSSR count). The van der Waals surface area contributed by atoms with Crippen LogP contribution in [0.5, 0.6) is 0 Å². The highest BCUT2D eigenvalue weighted by molar-refractivity contribution is 5.12. The van der Waals surface area contributed by atoms with Gasteiger partial charge in [-0.05, 0) is 56.9 Å². The number of allylic oxidation sites excluding steroid dienone is 2. The zero-order valence-electron chi connectivity index (χ0n) is 7.92. The summed E-state index contributed by atoms with van der Waals surface area (Å²) in [6.07, 6.45) is 7.86. The Kier molecular flexibility index (Phi) is 2.22. The lowest BCUT2D eigenvalue weighted by molar-refractivity contribution is 0.362. The Labute approximate surface area is 75.0 Å². The minimum Gasteiger partial charge on any atom is -0.330 e. The number of rotatable bonds is 1. The van der Waals surface area contributed by atoms with Gasteiger partial charge in [-0.2, -0.15) is 0 Å². The summed E-state index contributed by atoms with van der Waals surface area (Å²) in [5, 5.41) is 0. The maximum absolute atomic E-state index is 5.76. The second-order valence-electron chi connectivity index (χ2n) is 4.35. The van der Waals surface area contributed by atoms with Crippen LogP contribution in [0.25, 0.3) is 0 Å². The molecule has 2 aliphatic carbocycles. The summed E-state index contributed by atoms with van der Waals surface area (Å²) in [5.41, 5.74) is 7.44. The molecule has 3 atom stereocenters. The fourth-order valence-corrected chi connectivity index (χ4v) is 3.08. The lowest BCUT2D eigenvalue weighted by Crippen LogP contribution is -2.18. The Balaban J connectivity index is 2.06. The van der Waals surface area contributed by atoms with Crippen molar-refractivity contribution in [3.8, 4) is 0 Å². The van der Waals surface area contributed by atoms with Crippen LogP contribution in [0.2, 0.25) is 0 Å². The van der Waals surface area contributed by atoms with Crippen LogP contribution in [0.1, 0.15) is 32.6 Å². The predicted molar refractivity (Wildman–Crippen MR) is 51.7 cm³/mol. The average molecular weight is 165 g/mol. The zero-order chi connectivity index (χ0) is 8.55. The molecule has 0 saturated heterocycles. The molecular weight excluding hydrogens is 146 g/mol. The van der Waals surface area contributed by atoms with E-state index in [1.807, 2.05) is 0 Å². The fraction of sp³-hybridized carbons (Fsp3) is 0.818. The number of fused-ring (bicyclic) bond motifs is 1. The van der Waals surface area contributed by atoms with Gasteiger partial charge in [-0.25, -0.2) is 0 Å². The van der Waals surface area contributed by atoms with Crippen molar-refractivity contribution in [3.05, 3.63) is 11.6 Å². The van der Waals surface area contributed by atoms with Gasteiger partial charge >= 0.3 is 0 Å². The van der Waals surface area contributed by atoms with Crippen molar-refractivity contribution < 1.29 is 0 Å². The topological polar surface area (TPSA) is 26.0 Å². The van der Waals surface area contributed by atoms with Gasteiger partial charge in [-0.3, -0.25) is 0 Å². The first-order valence-corrected chi connectivity index (χ1v) is 5.19. The molecule has 0 radical (unpaired) electrons. The first kappa shape index (κ1) is 8.31. The van der Waals surface area contributed by atoms with Crippen LogP contribution in [0.3, 0.4) is 0 Å². The van der Waals surface area contributed by atoms with Crippen molar-refractivity contribution in [3.63, 3.8) is 0 Å². The molecule has 68 valence electrons. The highest BCUT2D eigenvalue weighted by Crippen LogP contribution is 2.49. The van der Waals surface area contributed by atoms with Crippen molar-refractivity contribution >= 4 is 0 Å². The molecule has 0 amide bonds. The molecule has 0 heterocycles. The van der Waals surface area contributed by atoms with Gasteiger partial charge in [0.1, 0.15) is 0 Å². The van der Waals surface area contributed by atoms with Crippen molar-refractivity contribution in [1.82, 2.24) is 0 Å². The average Bonchev–Trinajstić information content (AvgIpc) is 2.61. The Bertz CT molecular complexity index is 195. The zero-order valence-corrected chi connectivity index (χ0v) is 7.92. The summed E-state index contributed by atoms with van der Waals surface area (Å²) < 4.78 is 0. The maximum atomic E-state index is 5.76. The molecule has 0 aromatic carbocycles. The van der Waals surface area contributed by atoms with Crippen LogP contribution in [-0.4, -0.2) is 6.54 Å². The molecule has 12 heavy (non-hydrogen) atoms. The van der Waals surface area contributed by atoms with Crippen molar-refractivity contribution in [2.24, 2.45) is 23.5 Å². The molecule has 2 aliphatic rings. The van der Waals surface area contributed by atoms with Crippen LogP contribution in [0, 0.1) is 17.8 Å². The van der Waals surface area contributed by atoms with E-state index in [-0.39, 0.29) is 0 Å². The predicted octanol–water partition coefficient (Wildman–Crippen LogP) is 2.33. The first-order chi connectivity index (χ1) is 5.85. The van der Waals surface area contributed by atoms with Crippen LogP contribution < -0.4 is 5.73 Å². The molecule has 2 N–H and O–H groups in total. The highest BCUT2D eigenvalue weighted by Gasteiger charge is 2.39. The smallest absolute Gasteiger partial charge is 0.00460 e. The number of hydrogen-bond donors (Lipinski definition) is 1. The van der Waals surface area contributed by atoms with Gasteiger partial charge in [-0.1, -0.05) is 11.6 Å². The summed E-state index contributed by atoms with van der Waals surface area (Å²) >= 11 is 0. The second kappa shape index (κ2) is 3.21. The molecular formula is C11H19N. The molecule has 0 aliphatic heterocycles. The van der Waals surface area contributed by atoms with Crippen LogP contribution in [-0.2, 0) is 0 Å². The van der Waals surface area contributed by atoms with Crippen molar-refractivity contribution in [2.45, 2.75) is 32.6 Å². The summed E-state index contributed by atoms with van der Waals surface area (Å²) in [4.78, 5) is 0. The van der Waals surface area contributed by atoms with E-state index in [2.05, 4.69) is 13.0 Å². The molecule has 2 saturated carbocycles. The molecule has 1 heteroatoms. The van der Waals surface area contributed by atoms with Crippen molar-refractivity contribution in [1.29, 1.82) is 0 Å². The second-order valence-corrected chi connectivity index (χ2v) is 4.35. The standard InChI is InChI=1S/C11H19N/c1-2-8-5-9-3-4-10(7-12)11(9)6-8/h2,9-11H,3-7,12H2,1H3. The van der Waals surface area contributed by atoms with Crippen molar-refractivity contribution in [2.75, 3.05) is 6.54 Å². The third kappa shape index (κ3) is 1.20. The van der Waals surface area contributed by atoms with Crippen LogP contribution >= 0.6 is 0 Å². The SMILES string of the molecule is CC=C1CC2CCC(CN)C2C1. The van der Waals surface area contributed by atoms with Crippen LogP contribution in [0.4, 0.5) is 0 Å². The summed E-state index contributed by atoms with van der Waals surface area (Å²) in [7, 11) is 0. The Morgan fingerprint density at radius 1 is 1.42 bits per heavy atom. The van der Waals surface area contributed by atoms with E-state index in [4.69, 9.17) is 5.73 Å². The summed E-state index contributed by atoms with van der Waals surface area (Å²) in [6, 6.07) is 0. The largest absolute Gasteiger partial charge is 0.330 e. The molecule has 1 nitrogen and oxygen atoms in total. The Hall–Kier alpha value is -0.300. The van der Waals surface area contributed by atoms with E-state index >= 15 is 0 Å². The molecule has 2 fully saturated rings. The minimum atomic E-state index is 0.840. The monoisotopic (exact) mass is 165 g/mol. The van der Waals surface area contributed by atoms with Gasteiger partial charge < -0.3 is 5.73 Å². The highest BCUT2D eigenvalue weighted by atomic mass is 14.6. The quantitative estimate of drug-likeness (QED) is 0.593. The lowest BCUT2D eigenvalue weighted by atomic mass is 9.92. The molecule has 3 unspecified atom stereocenters. The van der Waals surface area contributed by atoms with E-state index in [0.29, 0.717) is 0 Å². The Morgan fingerprint density at radius 2 is 2.25 bits per heavy atom. The third-order valence-corrected chi connectivity index (χ3v) is 3.85. The van der Waals surface area contributed by atoms with E-state index in [0.717, 1.165) is 24.3 Å². The van der Waals surface area contributed by atoms with E-state index in [9.17, 15) is 0 Å². The number of nitrogens with two attached hydrogens (primary N) is 1. The molecule has 0 aromatic rings. The fourth-order valence-electron chi connectivity index (χ4n) is 3.08. The van der Waals surface area contributed by atoms with E-state index in [1.165, 1.54) is 25.7 Å². The minimum absolute atomic E-state index is 0.840.